The highest BCUT2D eigenvalue weighted by Gasteiger charge is 2.15. The van der Waals surface area contributed by atoms with Crippen molar-refractivity contribution >= 4 is 23.9 Å². The second-order valence-electron chi connectivity index (χ2n) is 4.24. The Kier molecular flexibility index (Phi) is 5.86. The van der Waals surface area contributed by atoms with Gasteiger partial charge in [0.15, 0.2) is 0 Å². The fourth-order valence-electron chi connectivity index (χ4n) is 1.36. The van der Waals surface area contributed by atoms with Crippen molar-refractivity contribution < 1.29 is 14.3 Å². The van der Waals surface area contributed by atoms with Gasteiger partial charge in [-0.2, -0.15) is 0 Å². The second kappa shape index (κ2) is 7.17. The monoisotopic (exact) mass is 268 g/mol. The molecule has 1 rings (SSSR count). The van der Waals surface area contributed by atoms with Crippen LogP contribution in [0, 0.1) is 5.92 Å². The Bertz CT molecular complexity index is 400. The van der Waals surface area contributed by atoms with Crippen molar-refractivity contribution in [1.82, 2.24) is 0 Å². The molecule has 1 aromatic carbocycles. The molecule has 0 bridgehead atoms. The number of hydrogen-bond donors (Lipinski definition) is 0. The molecule has 0 fully saturated rings. The zero-order valence-electron chi connectivity index (χ0n) is 10.6. The van der Waals surface area contributed by atoms with E-state index >= 15 is 0 Å². The molecular weight excluding hydrogens is 252 g/mol. The van der Waals surface area contributed by atoms with E-state index in [1.165, 1.54) is 0 Å². The highest BCUT2D eigenvalue weighted by molar-refractivity contribution is 6.21. The first-order valence-corrected chi connectivity index (χ1v) is 6.38. The van der Waals surface area contributed by atoms with Gasteiger partial charge in [-0.3, -0.25) is 4.79 Å². The van der Waals surface area contributed by atoms with Crippen LogP contribution in [0.1, 0.15) is 41.0 Å². The van der Waals surface area contributed by atoms with Crippen LogP contribution >= 0.6 is 11.6 Å². The van der Waals surface area contributed by atoms with Crippen molar-refractivity contribution in [2.75, 3.05) is 6.61 Å². The Balaban J connectivity index is 2.52. The second-order valence-corrected chi connectivity index (χ2v) is 4.80. The van der Waals surface area contributed by atoms with Crippen LogP contribution in [0.4, 0.5) is 0 Å². The quantitative estimate of drug-likeness (QED) is 0.452. The summed E-state index contributed by atoms with van der Waals surface area (Å²) in [6.07, 6.45) is 1.67. The lowest BCUT2D eigenvalue weighted by atomic mass is 10.1. The summed E-state index contributed by atoms with van der Waals surface area (Å²) in [5.41, 5.74) is 0.954. The van der Waals surface area contributed by atoms with E-state index in [-0.39, 0.29) is 12.0 Å². The summed E-state index contributed by atoms with van der Waals surface area (Å²) in [7, 11) is 0. The largest absolute Gasteiger partial charge is 0.461 e. The standard InChI is InChI=1S/C14H17ClO3/c1-3-10(2)13(15)9-18-14(17)12-6-4-11(8-16)5-7-12/h4-8,10,13H,3,9H2,1-2H3/t10-,13+/m0/s1. The molecule has 18 heavy (non-hydrogen) atoms. The molecular formula is C14H17ClO3. The van der Waals surface area contributed by atoms with E-state index in [0.717, 1.165) is 12.7 Å². The van der Waals surface area contributed by atoms with Gasteiger partial charge in [0.05, 0.1) is 10.9 Å². The summed E-state index contributed by atoms with van der Waals surface area (Å²) in [6.45, 7) is 4.26. The van der Waals surface area contributed by atoms with Crippen LogP contribution in [0.3, 0.4) is 0 Å². The highest BCUT2D eigenvalue weighted by Crippen LogP contribution is 2.15. The molecule has 0 heterocycles. The number of hydrogen-bond acceptors (Lipinski definition) is 3. The number of rotatable bonds is 6. The summed E-state index contributed by atoms with van der Waals surface area (Å²) >= 11 is 6.09. The normalized spacial score (nSPS) is 13.7. The molecule has 1 aromatic rings. The van der Waals surface area contributed by atoms with Gasteiger partial charge < -0.3 is 4.74 Å². The first-order valence-electron chi connectivity index (χ1n) is 5.95. The number of esters is 1. The van der Waals surface area contributed by atoms with Crippen LogP contribution in [0.5, 0.6) is 0 Å². The summed E-state index contributed by atoms with van der Waals surface area (Å²) in [6, 6.07) is 6.30. The molecule has 0 spiro atoms. The average molecular weight is 269 g/mol. The Labute approximate surface area is 112 Å². The summed E-state index contributed by atoms with van der Waals surface area (Å²) < 4.78 is 5.13. The van der Waals surface area contributed by atoms with Crippen LogP contribution < -0.4 is 0 Å². The van der Waals surface area contributed by atoms with E-state index in [2.05, 4.69) is 0 Å². The van der Waals surface area contributed by atoms with Crippen molar-refractivity contribution in [2.45, 2.75) is 25.6 Å². The summed E-state index contributed by atoms with van der Waals surface area (Å²) in [5, 5.41) is -0.173. The highest BCUT2D eigenvalue weighted by atomic mass is 35.5. The summed E-state index contributed by atoms with van der Waals surface area (Å²) in [4.78, 5) is 22.2. The van der Waals surface area contributed by atoms with E-state index in [9.17, 15) is 9.59 Å². The number of benzene rings is 1. The maximum atomic E-state index is 11.7. The van der Waals surface area contributed by atoms with Crippen LogP contribution in [0.15, 0.2) is 24.3 Å². The van der Waals surface area contributed by atoms with Gasteiger partial charge >= 0.3 is 5.97 Å². The average Bonchev–Trinajstić information content (AvgIpc) is 2.43. The first kappa shape index (κ1) is 14.7. The predicted molar refractivity (Wildman–Crippen MR) is 71.2 cm³/mol. The molecule has 0 amide bonds. The third-order valence-corrected chi connectivity index (χ3v) is 3.47. The van der Waals surface area contributed by atoms with Crippen LogP contribution in [0.2, 0.25) is 0 Å². The summed E-state index contributed by atoms with van der Waals surface area (Å²) in [5.74, 6) is -0.113. The van der Waals surface area contributed by atoms with E-state index in [1.807, 2.05) is 13.8 Å². The zero-order chi connectivity index (χ0) is 13.5. The zero-order valence-corrected chi connectivity index (χ0v) is 11.3. The Hall–Kier alpha value is -1.35. The minimum absolute atomic E-state index is 0.173. The van der Waals surface area contributed by atoms with Gasteiger partial charge in [-0.1, -0.05) is 32.4 Å². The minimum atomic E-state index is -0.415. The molecule has 0 radical (unpaired) electrons. The lowest BCUT2D eigenvalue weighted by Crippen LogP contribution is -2.20. The maximum absolute atomic E-state index is 11.7. The topological polar surface area (TPSA) is 43.4 Å². The molecule has 98 valence electrons. The minimum Gasteiger partial charge on any atom is -0.461 e. The van der Waals surface area contributed by atoms with Crippen LogP contribution in [-0.2, 0) is 4.74 Å². The van der Waals surface area contributed by atoms with Gasteiger partial charge in [0.2, 0.25) is 0 Å². The third kappa shape index (κ3) is 4.15. The van der Waals surface area contributed by atoms with E-state index < -0.39 is 5.97 Å². The number of ether oxygens (including phenoxy) is 1. The molecule has 0 N–H and O–H groups in total. The number of carbonyl (C=O) groups is 2. The van der Waals surface area contributed by atoms with Gasteiger partial charge in [0.25, 0.3) is 0 Å². The smallest absolute Gasteiger partial charge is 0.338 e. The molecule has 0 aromatic heterocycles. The van der Waals surface area contributed by atoms with Gasteiger partial charge in [0.1, 0.15) is 12.9 Å². The van der Waals surface area contributed by atoms with E-state index in [1.54, 1.807) is 24.3 Å². The number of aldehydes is 1. The SMILES string of the molecule is CC[C@H](C)[C@H](Cl)COC(=O)c1ccc(C=O)cc1. The Morgan fingerprint density at radius 2 is 2.00 bits per heavy atom. The molecule has 0 saturated carbocycles. The molecule has 3 nitrogen and oxygen atoms in total. The first-order chi connectivity index (χ1) is 8.58. The van der Waals surface area contributed by atoms with Gasteiger partial charge in [-0.05, 0) is 18.1 Å². The third-order valence-electron chi connectivity index (χ3n) is 2.92. The molecule has 0 aliphatic rings. The molecule has 0 unspecified atom stereocenters. The number of halogens is 1. The van der Waals surface area contributed by atoms with Crippen molar-refractivity contribution in [2.24, 2.45) is 5.92 Å². The molecule has 2 atom stereocenters. The number of carbonyl (C=O) groups excluding carboxylic acids is 2. The van der Waals surface area contributed by atoms with Crippen molar-refractivity contribution in [3.8, 4) is 0 Å². The maximum Gasteiger partial charge on any atom is 0.338 e. The number of alkyl halides is 1. The van der Waals surface area contributed by atoms with Crippen molar-refractivity contribution in [3.63, 3.8) is 0 Å². The molecule has 4 heteroatoms. The molecule has 0 saturated heterocycles. The fraction of sp³-hybridized carbons (Fsp3) is 0.429. The lowest BCUT2D eigenvalue weighted by molar-refractivity contribution is 0.0489. The lowest BCUT2D eigenvalue weighted by Gasteiger charge is -2.15. The molecule has 0 aliphatic carbocycles. The van der Waals surface area contributed by atoms with Gasteiger partial charge in [-0.15, -0.1) is 11.6 Å². The Morgan fingerprint density at radius 1 is 1.39 bits per heavy atom. The van der Waals surface area contributed by atoms with Crippen LogP contribution in [-0.4, -0.2) is 24.2 Å². The van der Waals surface area contributed by atoms with E-state index in [0.29, 0.717) is 17.0 Å². The predicted octanol–water partition coefficient (Wildman–Crippen LogP) is 3.31. The van der Waals surface area contributed by atoms with Crippen LogP contribution in [0.25, 0.3) is 0 Å². The molecule has 0 aliphatic heterocycles. The van der Waals surface area contributed by atoms with Crippen molar-refractivity contribution in [3.05, 3.63) is 35.4 Å². The van der Waals surface area contributed by atoms with Gasteiger partial charge in [-0.25, -0.2) is 4.79 Å². The van der Waals surface area contributed by atoms with Crippen molar-refractivity contribution in [1.29, 1.82) is 0 Å². The van der Waals surface area contributed by atoms with Gasteiger partial charge in [0, 0.05) is 5.56 Å². The Morgan fingerprint density at radius 3 is 2.50 bits per heavy atom. The van der Waals surface area contributed by atoms with E-state index in [4.69, 9.17) is 16.3 Å². The fourth-order valence-corrected chi connectivity index (χ4v) is 1.60.